The quantitative estimate of drug-likeness (QED) is 0.199. The fraction of sp³-hybridized carbons (Fsp3) is 0.632. The second-order valence-electron chi connectivity index (χ2n) is 6.74. The normalized spacial score (nSPS) is 16.4. The Hall–Kier alpha value is -0.910. The summed E-state index contributed by atoms with van der Waals surface area (Å²) in [6.07, 6.45) is 2.14. The van der Waals surface area contributed by atoms with Gasteiger partial charge >= 0.3 is 0 Å². The summed E-state index contributed by atoms with van der Waals surface area (Å²) in [5.74, 6) is 0.853. The van der Waals surface area contributed by atoms with E-state index in [4.69, 9.17) is 0 Å². The van der Waals surface area contributed by atoms with Crippen LogP contribution in [0.2, 0.25) is 0 Å². The van der Waals surface area contributed by atoms with E-state index in [2.05, 4.69) is 55.6 Å². The largest absolute Gasteiger partial charge is 0.357 e. The number of halogens is 1. The molecular weight excluding hydrogens is 489 g/mol. The van der Waals surface area contributed by atoms with Crippen molar-refractivity contribution in [1.82, 2.24) is 20.3 Å². The number of sulfonamides is 1. The molecule has 1 heterocycles. The van der Waals surface area contributed by atoms with Crippen molar-refractivity contribution < 1.29 is 8.42 Å². The number of piperidine rings is 1. The molecule has 3 N–H and O–H groups in total. The topological polar surface area (TPSA) is 85.8 Å². The molecule has 0 bridgehead atoms. The Morgan fingerprint density at radius 1 is 1.18 bits per heavy atom. The fourth-order valence-corrected chi connectivity index (χ4v) is 3.67. The number of benzene rings is 1. The molecule has 0 saturated carbocycles. The van der Waals surface area contributed by atoms with E-state index >= 15 is 0 Å². The number of nitrogens with zero attached hydrogens (tertiary/aromatic N) is 2. The molecule has 0 amide bonds. The second-order valence-corrected chi connectivity index (χ2v) is 8.83. The predicted molar refractivity (Wildman–Crippen MR) is 127 cm³/mol. The third-order valence-electron chi connectivity index (χ3n) is 4.61. The van der Waals surface area contributed by atoms with Gasteiger partial charge in [0.05, 0.1) is 12.3 Å². The van der Waals surface area contributed by atoms with Gasteiger partial charge in [0.15, 0.2) is 5.96 Å². The van der Waals surface area contributed by atoms with Crippen molar-refractivity contribution >= 4 is 40.0 Å². The molecule has 7 nitrogen and oxygen atoms in total. The first-order chi connectivity index (χ1) is 13.0. The van der Waals surface area contributed by atoms with Crippen LogP contribution in [-0.4, -0.2) is 63.8 Å². The lowest BCUT2D eigenvalue weighted by Gasteiger charge is -2.33. The fourth-order valence-electron chi connectivity index (χ4n) is 3.06. The van der Waals surface area contributed by atoms with Crippen molar-refractivity contribution in [2.75, 3.05) is 38.5 Å². The minimum absolute atomic E-state index is 0. The van der Waals surface area contributed by atoms with Crippen LogP contribution in [0.15, 0.2) is 35.3 Å². The molecule has 0 radical (unpaired) electrons. The molecule has 1 saturated heterocycles. The Balaban J connectivity index is 0.00000392. The summed E-state index contributed by atoms with van der Waals surface area (Å²) in [7, 11) is -3.15. The maximum Gasteiger partial charge on any atom is 0.211 e. The van der Waals surface area contributed by atoms with Gasteiger partial charge in [0.2, 0.25) is 10.0 Å². The second kappa shape index (κ2) is 13.3. The molecule has 28 heavy (non-hydrogen) atoms. The lowest BCUT2D eigenvalue weighted by molar-refractivity contribution is 0.198. The Bertz CT molecular complexity index is 677. The maximum absolute atomic E-state index is 11.5. The molecule has 1 aliphatic heterocycles. The van der Waals surface area contributed by atoms with E-state index in [-0.39, 0.29) is 29.7 Å². The van der Waals surface area contributed by atoms with Gasteiger partial charge in [0, 0.05) is 38.8 Å². The van der Waals surface area contributed by atoms with E-state index in [0.29, 0.717) is 19.1 Å². The molecule has 9 heteroatoms. The van der Waals surface area contributed by atoms with Gasteiger partial charge in [-0.1, -0.05) is 30.3 Å². The van der Waals surface area contributed by atoms with E-state index in [1.54, 1.807) is 6.92 Å². The standard InChI is InChI=1S/C19H33N5O2S.HI/c1-3-20-19(21-12-13-22-27(25,26)4-2)23-18-10-14-24(15-11-18)16-17-8-6-5-7-9-17;/h5-9,18,22H,3-4,10-16H2,1-2H3,(H2,20,21,23);1H. The summed E-state index contributed by atoms with van der Waals surface area (Å²) in [4.78, 5) is 6.97. The zero-order chi connectivity index (χ0) is 19.5. The zero-order valence-electron chi connectivity index (χ0n) is 16.9. The van der Waals surface area contributed by atoms with Gasteiger partial charge in [-0.05, 0) is 32.3 Å². The number of likely N-dealkylation sites (tertiary alicyclic amines) is 1. The van der Waals surface area contributed by atoms with Gasteiger partial charge in [-0.3, -0.25) is 9.89 Å². The molecule has 0 atom stereocenters. The van der Waals surface area contributed by atoms with Crippen LogP contribution in [0.3, 0.4) is 0 Å². The third-order valence-corrected chi connectivity index (χ3v) is 6.01. The first-order valence-corrected chi connectivity index (χ1v) is 11.5. The molecule has 0 aliphatic carbocycles. The average molecular weight is 523 g/mol. The molecule has 160 valence electrons. The van der Waals surface area contributed by atoms with Gasteiger partial charge in [-0.2, -0.15) is 0 Å². The number of guanidine groups is 1. The number of rotatable bonds is 9. The lowest BCUT2D eigenvalue weighted by atomic mass is 10.0. The van der Waals surface area contributed by atoms with E-state index in [9.17, 15) is 8.42 Å². The number of nitrogens with one attached hydrogen (secondary N) is 3. The van der Waals surface area contributed by atoms with Crippen molar-refractivity contribution in [1.29, 1.82) is 0 Å². The molecule has 0 unspecified atom stereocenters. The average Bonchev–Trinajstić information content (AvgIpc) is 2.68. The highest BCUT2D eigenvalue weighted by molar-refractivity contribution is 14.0. The Kier molecular flexibility index (Phi) is 12.0. The lowest BCUT2D eigenvalue weighted by Crippen LogP contribution is -2.48. The number of hydrogen-bond donors (Lipinski definition) is 3. The molecular formula is C19H34IN5O2S. The highest BCUT2D eigenvalue weighted by Crippen LogP contribution is 2.13. The molecule has 0 aromatic heterocycles. The van der Waals surface area contributed by atoms with Crippen LogP contribution in [0.4, 0.5) is 0 Å². The van der Waals surface area contributed by atoms with Crippen molar-refractivity contribution in [2.24, 2.45) is 4.99 Å². The van der Waals surface area contributed by atoms with Crippen LogP contribution >= 0.6 is 24.0 Å². The van der Waals surface area contributed by atoms with Crippen LogP contribution in [0.25, 0.3) is 0 Å². The van der Waals surface area contributed by atoms with Crippen LogP contribution in [0.1, 0.15) is 32.3 Å². The van der Waals surface area contributed by atoms with Crippen molar-refractivity contribution in [3.8, 4) is 0 Å². The van der Waals surface area contributed by atoms with E-state index in [1.807, 2.05) is 6.92 Å². The van der Waals surface area contributed by atoms with Crippen molar-refractivity contribution in [3.63, 3.8) is 0 Å². The van der Waals surface area contributed by atoms with Crippen molar-refractivity contribution in [3.05, 3.63) is 35.9 Å². The van der Waals surface area contributed by atoms with E-state index < -0.39 is 10.0 Å². The summed E-state index contributed by atoms with van der Waals surface area (Å²) in [6.45, 7) is 8.29. The SMILES string of the molecule is CCNC(=NCCNS(=O)(=O)CC)NC1CCN(Cc2ccccc2)CC1.I. The molecule has 2 rings (SSSR count). The minimum Gasteiger partial charge on any atom is -0.357 e. The molecule has 1 aliphatic rings. The Morgan fingerprint density at radius 2 is 1.86 bits per heavy atom. The summed E-state index contributed by atoms with van der Waals surface area (Å²) < 4.78 is 25.4. The maximum atomic E-state index is 11.5. The zero-order valence-corrected chi connectivity index (χ0v) is 20.0. The summed E-state index contributed by atoms with van der Waals surface area (Å²) >= 11 is 0. The first kappa shape index (κ1) is 25.1. The van der Waals surface area contributed by atoms with Gasteiger partial charge in [0.1, 0.15) is 0 Å². The van der Waals surface area contributed by atoms with E-state index in [1.165, 1.54) is 5.56 Å². The van der Waals surface area contributed by atoms with Crippen LogP contribution in [-0.2, 0) is 16.6 Å². The number of hydrogen-bond acceptors (Lipinski definition) is 4. The third kappa shape index (κ3) is 9.53. The molecule has 1 aromatic rings. The van der Waals surface area contributed by atoms with Crippen LogP contribution < -0.4 is 15.4 Å². The smallest absolute Gasteiger partial charge is 0.211 e. The molecule has 0 spiro atoms. The van der Waals surface area contributed by atoms with Gasteiger partial charge in [-0.25, -0.2) is 13.1 Å². The Morgan fingerprint density at radius 3 is 2.46 bits per heavy atom. The monoisotopic (exact) mass is 523 g/mol. The first-order valence-electron chi connectivity index (χ1n) is 9.81. The predicted octanol–water partition coefficient (Wildman–Crippen LogP) is 1.76. The van der Waals surface area contributed by atoms with E-state index in [0.717, 1.165) is 45.0 Å². The van der Waals surface area contributed by atoms with Crippen LogP contribution in [0.5, 0.6) is 0 Å². The van der Waals surface area contributed by atoms with Gasteiger partial charge in [0.25, 0.3) is 0 Å². The highest BCUT2D eigenvalue weighted by atomic mass is 127. The Labute approximate surface area is 186 Å². The molecule has 1 aromatic carbocycles. The van der Waals surface area contributed by atoms with Gasteiger partial charge < -0.3 is 10.6 Å². The summed E-state index contributed by atoms with van der Waals surface area (Å²) in [5.41, 5.74) is 1.35. The van der Waals surface area contributed by atoms with Gasteiger partial charge in [-0.15, -0.1) is 24.0 Å². The highest BCUT2D eigenvalue weighted by Gasteiger charge is 2.20. The summed E-state index contributed by atoms with van der Waals surface area (Å²) in [5, 5.41) is 6.73. The number of aliphatic imine (C=N–C) groups is 1. The minimum atomic E-state index is -3.15. The van der Waals surface area contributed by atoms with Crippen molar-refractivity contribution in [2.45, 2.75) is 39.3 Å². The molecule has 1 fully saturated rings. The summed E-state index contributed by atoms with van der Waals surface area (Å²) in [6, 6.07) is 11.0. The van der Waals surface area contributed by atoms with Crippen LogP contribution in [0, 0.1) is 0 Å².